The van der Waals surface area contributed by atoms with Gasteiger partial charge in [-0.1, -0.05) is 20.3 Å². The fraction of sp³-hybridized carbons (Fsp3) is 0.455. The summed E-state index contributed by atoms with van der Waals surface area (Å²) in [5.74, 6) is 0. The molecule has 1 nitrogen and oxygen atoms in total. The van der Waals surface area contributed by atoms with Gasteiger partial charge in [0.2, 0.25) is 0 Å². The molecule has 0 fully saturated rings. The van der Waals surface area contributed by atoms with Gasteiger partial charge in [-0.25, -0.2) is 0 Å². The first-order valence-corrected chi connectivity index (χ1v) is 5.62. The van der Waals surface area contributed by atoms with Crippen molar-refractivity contribution in [2.75, 3.05) is 5.73 Å². The highest BCUT2D eigenvalue weighted by Gasteiger charge is 2.02. The number of nitrogen functional groups attached to an aromatic ring is 1. The second-order valence-corrected chi connectivity index (χ2v) is 4.80. The second kappa shape index (κ2) is 5.18. The van der Waals surface area contributed by atoms with Crippen LogP contribution in [-0.4, -0.2) is 5.25 Å². The van der Waals surface area contributed by atoms with E-state index < -0.39 is 0 Å². The Bertz CT molecular complexity index is 243. The van der Waals surface area contributed by atoms with Crippen LogP contribution in [0.15, 0.2) is 29.2 Å². The lowest BCUT2D eigenvalue weighted by molar-refractivity contribution is 0.787. The zero-order chi connectivity index (χ0) is 9.68. The maximum absolute atomic E-state index is 5.61. The molecule has 0 bridgehead atoms. The van der Waals surface area contributed by atoms with Crippen molar-refractivity contribution in [1.82, 2.24) is 0 Å². The Balaban J connectivity index is 2.49. The molecule has 0 aliphatic heterocycles. The van der Waals surface area contributed by atoms with Crippen LogP contribution in [0.5, 0.6) is 0 Å². The van der Waals surface area contributed by atoms with E-state index in [-0.39, 0.29) is 0 Å². The Kier molecular flexibility index (Phi) is 4.16. The number of hydrogen-bond acceptors (Lipinski definition) is 2. The average Bonchev–Trinajstić information content (AvgIpc) is 2.09. The minimum absolute atomic E-state index is 0.702. The molecular weight excluding hydrogens is 178 g/mol. The van der Waals surface area contributed by atoms with Crippen LogP contribution in [0.25, 0.3) is 0 Å². The first kappa shape index (κ1) is 10.5. The molecule has 0 aliphatic rings. The Morgan fingerprint density at radius 3 is 2.46 bits per heavy atom. The molecule has 72 valence electrons. The van der Waals surface area contributed by atoms with Crippen LogP contribution in [0.4, 0.5) is 5.69 Å². The quantitative estimate of drug-likeness (QED) is 0.587. The molecule has 2 heteroatoms. The maximum atomic E-state index is 5.61. The third-order valence-corrected chi connectivity index (χ3v) is 3.09. The van der Waals surface area contributed by atoms with Crippen molar-refractivity contribution in [3.05, 3.63) is 24.3 Å². The molecule has 1 aromatic carbocycles. The van der Waals surface area contributed by atoms with E-state index in [0.29, 0.717) is 5.25 Å². The van der Waals surface area contributed by atoms with Crippen molar-refractivity contribution in [1.29, 1.82) is 0 Å². The zero-order valence-electron chi connectivity index (χ0n) is 8.29. The molecule has 0 radical (unpaired) electrons. The largest absolute Gasteiger partial charge is 0.399 e. The Morgan fingerprint density at radius 2 is 1.92 bits per heavy atom. The highest BCUT2D eigenvalue weighted by atomic mass is 32.2. The number of thioether (sulfide) groups is 1. The van der Waals surface area contributed by atoms with Crippen LogP contribution in [0.3, 0.4) is 0 Å². The van der Waals surface area contributed by atoms with Gasteiger partial charge in [0.15, 0.2) is 0 Å². The highest BCUT2D eigenvalue weighted by molar-refractivity contribution is 7.99. The van der Waals surface area contributed by atoms with E-state index in [2.05, 4.69) is 26.0 Å². The Hall–Kier alpha value is -0.630. The van der Waals surface area contributed by atoms with Gasteiger partial charge >= 0.3 is 0 Å². The van der Waals surface area contributed by atoms with E-state index >= 15 is 0 Å². The summed E-state index contributed by atoms with van der Waals surface area (Å²) < 4.78 is 0. The highest BCUT2D eigenvalue weighted by Crippen LogP contribution is 2.26. The van der Waals surface area contributed by atoms with Gasteiger partial charge in [-0.3, -0.25) is 0 Å². The molecule has 13 heavy (non-hydrogen) atoms. The smallest absolute Gasteiger partial charge is 0.0314 e. The molecule has 0 saturated carbocycles. The van der Waals surface area contributed by atoms with Gasteiger partial charge in [0, 0.05) is 15.8 Å². The van der Waals surface area contributed by atoms with E-state index in [4.69, 9.17) is 5.73 Å². The molecule has 0 aliphatic carbocycles. The van der Waals surface area contributed by atoms with Gasteiger partial charge in [0.25, 0.3) is 0 Å². The van der Waals surface area contributed by atoms with E-state index in [1.54, 1.807) is 0 Å². The zero-order valence-corrected chi connectivity index (χ0v) is 9.10. The van der Waals surface area contributed by atoms with Crippen molar-refractivity contribution in [2.45, 2.75) is 36.8 Å². The minimum atomic E-state index is 0.702. The summed E-state index contributed by atoms with van der Waals surface area (Å²) in [6, 6.07) is 8.10. The molecule has 2 N–H and O–H groups in total. The molecule has 0 saturated heterocycles. The summed E-state index contributed by atoms with van der Waals surface area (Å²) in [5.41, 5.74) is 6.45. The van der Waals surface area contributed by atoms with Gasteiger partial charge in [-0.05, 0) is 30.7 Å². The van der Waals surface area contributed by atoms with Crippen LogP contribution in [0, 0.1) is 0 Å². The van der Waals surface area contributed by atoms with E-state index in [9.17, 15) is 0 Å². The number of nitrogens with two attached hydrogens (primary N) is 1. The Morgan fingerprint density at radius 1 is 1.31 bits per heavy atom. The van der Waals surface area contributed by atoms with Gasteiger partial charge < -0.3 is 5.73 Å². The fourth-order valence-electron chi connectivity index (χ4n) is 1.24. The third kappa shape index (κ3) is 3.73. The monoisotopic (exact) mass is 195 g/mol. The number of rotatable bonds is 4. The average molecular weight is 195 g/mol. The van der Waals surface area contributed by atoms with Crippen molar-refractivity contribution >= 4 is 17.4 Å². The van der Waals surface area contributed by atoms with Gasteiger partial charge in [-0.2, -0.15) is 0 Å². The predicted molar refractivity (Wildman–Crippen MR) is 61.1 cm³/mol. The molecule has 1 unspecified atom stereocenters. The molecule has 1 rings (SSSR count). The van der Waals surface area contributed by atoms with Gasteiger partial charge in [0.05, 0.1) is 0 Å². The summed E-state index contributed by atoms with van der Waals surface area (Å²) >= 11 is 1.92. The number of hydrogen-bond donors (Lipinski definition) is 1. The van der Waals surface area contributed by atoms with Crippen LogP contribution in [-0.2, 0) is 0 Å². The lowest BCUT2D eigenvalue weighted by Gasteiger charge is -2.09. The Labute approximate surface area is 84.7 Å². The summed E-state index contributed by atoms with van der Waals surface area (Å²) in [6.45, 7) is 4.49. The first-order valence-electron chi connectivity index (χ1n) is 4.74. The van der Waals surface area contributed by atoms with E-state index in [1.165, 1.54) is 17.7 Å². The number of benzene rings is 1. The van der Waals surface area contributed by atoms with Crippen molar-refractivity contribution in [2.24, 2.45) is 0 Å². The summed E-state index contributed by atoms with van der Waals surface area (Å²) in [7, 11) is 0. The molecular formula is C11H17NS. The van der Waals surface area contributed by atoms with Crippen LogP contribution in [0.2, 0.25) is 0 Å². The lowest BCUT2D eigenvalue weighted by Crippen LogP contribution is -1.94. The third-order valence-electron chi connectivity index (χ3n) is 1.91. The standard InChI is InChI=1S/C11H17NS/c1-3-4-9(2)13-11-7-5-10(12)6-8-11/h5-9H,3-4,12H2,1-2H3. The maximum Gasteiger partial charge on any atom is 0.0314 e. The molecule has 0 amide bonds. The minimum Gasteiger partial charge on any atom is -0.399 e. The van der Waals surface area contributed by atoms with E-state index in [0.717, 1.165) is 5.69 Å². The van der Waals surface area contributed by atoms with Crippen LogP contribution in [0.1, 0.15) is 26.7 Å². The normalized spacial score (nSPS) is 12.8. The molecule has 0 heterocycles. The van der Waals surface area contributed by atoms with Crippen LogP contribution < -0.4 is 5.73 Å². The molecule has 0 aromatic heterocycles. The number of anilines is 1. The SMILES string of the molecule is CCCC(C)Sc1ccc(N)cc1. The van der Waals surface area contributed by atoms with Gasteiger partial charge in [-0.15, -0.1) is 11.8 Å². The van der Waals surface area contributed by atoms with Crippen molar-refractivity contribution in [3.63, 3.8) is 0 Å². The summed E-state index contributed by atoms with van der Waals surface area (Å²) in [5, 5.41) is 0.702. The van der Waals surface area contributed by atoms with E-state index in [1.807, 2.05) is 23.9 Å². The predicted octanol–water partition coefficient (Wildman–Crippen LogP) is 3.55. The first-order chi connectivity index (χ1) is 6.22. The van der Waals surface area contributed by atoms with Gasteiger partial charge in [0.1, 0.15) is 0 Å². The van der Waals surface area contributed by atoms with Crippen LogP contribution >= 0.6 is 11.8 Å². The summed E-state index contributed by atoms with van der Waals surface area (Å²) in [4.78, 5) is 1.31. The molecule has 0 spiro atoms. The topological polar surface area (TPSA) is 26.0 Å². The second-order valence-electron chi connectivity index (χ2n) is 3.29. The fourth-order valence-corrected chi connectivity index (χ4v) is 2.36. The summed E-state index contributed by atoms with van der Waals surface area (Å²) in [6.07, 6.45) is 2.53. The lowest BCUT2D eigenvalue weighted by atomic mass is 10.3. The van der Waals surface area contributed by atoms with Crippen molar-refractivity contribution < 1.29 is 0 Å². The molecule has 1 atom stereocenters. The van der Waals surface area contributed by atoms with Crippen molar-refractivity contribution in [3.8, 4) is 0 Å². The molecule has 1 aromatic rings.